The van der Waals surface area contributed by atoms with Gasteiger partial charge in [-0.2, -0.15) is 0 Å². The molecule has 0 fully saturated rings. The molecule has 34 heavy (non-hydrogen) atoms. The van der Waals surface area contributed by atoms with Gasteiger partial charge in [0.2, 0.25) is 5.91 Å². The minimum atomic E-state index is -3.92. The number of hydrogen-bond donors (Lipinski definition) is 1. The molecule has 180 valence electrons. The van der Waals surface area contributed by atoms with E-state index in [2.05, 4.69) is 5.32 Å². The van der Waals surface area contributed by atoms with Gasteiger partial charge in [0.15, 0.2) is 0 Å². The van der Waals surface area contributed by atoms with E-state index in [1.165, 1.54) is 4.31 Å². The molecule has 0 saturated heterocycles. The molecule has 0 saturated carbocycles. The smallest absolute Gasteiger partial charge is 0.264 e. The zero-order chi connectivity index (χ0) is 24.7. The summed E-state index contributed by atoms with van der Waals surface area (Å²) in [5.74, 6) is 0.466. The lowest BCUT2D eigenvalue weighted by atomic mass is 10.1. The number of carbonyl (C=O) groups is 1. The third-order valence-electron chi connectivity index (χ3n) is 5.81. The number of sulfonamides is 1. The molecule has 1 amide bonds. The summed E-state index contributed by atoms with van der Waals surface area (Å²) in [6, 6.07) is 19.8. The van der Waals surface area contributed by atoms with Crippen molar-refractivity contribution in [3.8, 4) is 5.75 Å². The number of aryl methyl sites for hydroxylation is 4. The van der Waals surface area contributed by atoms with Crippen LogP contribution in [0.3, 0.4) is 0 Å². The van der Waals surface area contributed by atoms with E-state index in [9.17, 15) is 13.2 Å². The number of methoxy groups -OCH3 is 1. The van der Waals surface area contributed by atoms with Gasteiger partial charge in [0.1, 0.15) is 12.3 Å². The molecule has 0 aromatic heterocycles. The highest BCUT2D eigenvalue weighted by atomic mass is 32.2. The lowest BCUT2D eigenvalue weighted by Gasteiger charge is -2.25. The third kappa shape index (κ3) is 6.17. The molecule has 0 aliphatic carbocycles. The monoisotopic (exact) mass is 480 g/mol. The highest BCUT2D eigenvalue weighted by Crippen LogP contribution is 2.26. The fourth-order valence-electron chi connectivity index (χ4n) is 3.64. The number of rotatable bonds is 10. The van der Waals surface area contributed by atoms with Crippen LogP contribution in [0.4, 0.5) is 5.69 Å². The molecule has 0 atom stereocenters. The lowest BCUT2D eigenvalue weighted by Crippen LogP contribution is -2.41. The van der Waals surface area contributed by atoms with Crippen LogP contribution >= 0.6 is 0 Å². The predicted octanol–water partition coefficient (Wildman–Crippen LogP) is 4.56. The minimum absolute atomic E-state index is 0.153. The second kappa shape index (κ2) is 11.2. The number of hydrogen-bond acceptors (Lipinski definition) is 4. The van der Waals surface area contributed by atoms with Crippen molar-refractivity contribution >= 4 is 21.6 Å². The summed E-state index contributed by atoms with van der Waals surface area (Å²) in [6.45, 7) is 5.92. The van der Waals surface area contributed by atoms with Crippen LogP contribution < -0.4 is 14.4 Å². The Morgan fingerprint density at radius 1 is 0.941 bits per heavy atom. The average molecular weight is 481 g/mol. The lowest BCUT2D eigenvalue weighted by molar-refractivity contribution is -0.119. The highest BCUT2D eigenvalue weighted by Gasteiger charge is 2.27. The normalized spacial score (nSPS) is 11.2. The molecular weight excluding hydrogens is 448 g/mol. The van der Waals surface area contributed by atoms with Crippen molar-refractivity contribution in [1.82, 2.24) is 5.32 Å². The highest BCUT2D eigenvalue weighted by molar-refractivity contribution is 7.92. The Bertz CT molecular complexity index is 1240. The topological polar surface area (TPSA) is 75.7 Å². The average Bonchev–Trinajstić information content (AvgIpc) is 2.82. The molecule has 0 aliphatic heterocycles. The first-order chi connectivity index (χ1) is 16.2. The Labute approximate surface area is 202 Å². The van der Waals surface area contributed by atoms with Crippen LogP contribution in [0.2, 0.25) is 0 Å². The van der Waals surface area contributed by atoms with E-state index < -0.39 is 10.0 Å². The first-order valence-corrected chi connectivity index (χ1v) is 12.7. The Kier molecular flexibility index (Phi) is 8.34. The van der Waals surface area contributed by atoms with Crippen molar-refractivity contribution < 1.29 is 17.9 Å². The summed E-state index contributed by atoms with van der Waals surface area (Å²) in [6.07, 6.45) is 1.45. The van der Waals surface area contributed by atoms with Crippen molar-refractivity contribution in [1.29, 1.82) is 0 Å². The predicted molar refractivity (Wildman–Crippen MR) is 136 cm³/mol. The molecule has 0 radical (unpaired) electrons. The number of nitrogens with zero attached hydrogens (tertiary/aromatic N) is 1. The maximum Gasteiger partial charge on any atom is 0.264 e. The van der Waals surface area contributed by atoms with E-state index >= 15 is 0 Å². The van der Waals surface area contributed by atoms with Crippen LogP contribution in [0.5, 0.6) is 5.75 Å². The molecule has 6 nitrogen and oxygen atoms in total. The Morgan fingerprint density at radius 2 is 1.65 bits per heavy atom. The number of nitrogens with one attached hydrogen (secondary N) is 1. The van der Waals surface area contributed by atoms with E-state index in [4.69, 9.17) is 4.74 Å². The molecule has 0 aliphatic rings. The Balaban J connectivity index is 1.74. The summed E-state index contributed by atoms with van der Waals surface area (Å²) in [5, 5.41) is 2.86. The number of ether oxygens (including phenoxy) is 1. The molecule has 1 N–H and O–H groups in total. The number of amides is 1. The number of para-hydroxylation sites is 1. The first kappa shape index (κ1) is 25.3. The zero-order valence-electron chi connectivity index (χ0n) is 20.2. The van der Waals surface area contributed by atoms with E-state index in [1.54, 1.807) is 43.5 Å². The van der Waals surface area contributed by atoms with Gasteiger partial charge >= 0.3 is 0 Å². The van der Waals surface area contributed by atoms with Gasteiger partial charge in [-0.1, -0.05) is 42.0 Å². The maximum atomic E-state index is 13.5. The van der Waals surface area contributed by atoms with Crippen molar-refractivity contribution in [3.63, 3.8) is 0 Å². The Morgan fingerprint density at radius 3 is 2.32 bits per heavy atom. The number of carbonyl (C=O) groups excluding carboxylic acids is 1. The second-order valence-electron chi connectivity index (χ2n) is 8.36. The molecule has 0 unspecified atom stereocenters. The van der Waals surface area contributed by atoms with E-state index in [-0.39, 0.29) is 17.3 Å². The fourth-order valence-corrected chi connectivity index (χ4v) is 5.05. The van der Waals surface area contributed by atoms with E-state index in [0.717, 1.165) is 34.4 Å². The molecule has 3 aromatic rings. The summed E-state index contributed by atoms with van der Waals surface area (Å²) in [5.41, 5.74) is 4.51. The summed E-state index contributed by atoms with van der Waals surface area (Å²) >= 11 is 0. The molecule has 0 spiro atoms. The van der Waals surface area contributed by atoms with Gasteiger partial charge < -0.3 is 10.1 Å². The van der Waals surface area contributed by atoms with Crippen molar-refractivity contribution in [2.75, 3.05) is 24.5 Å². The minimum Gasteiger partial charge on any atom is -0.496 e. The SMILES string of the molecule is COc1ccccc1CCCNC(=O)CN(c1ccc(C)c(C)c1)S(=O)(=O)c1ccc(C)cc1. The van der Waals surface area contributed by atoms with Gasteiger partial charge in [-0.25, -0.2) is 8.42 Å². The molecule has 0 heterocycles. The van der Waals surface area contributed by atoms with Crippen molar-refractivity contribution in [2.24, 2.45) is 0 Å². The quantitative estimate of drug-likeness (QED) is 0.432. The largest absolute Gasteiger partial charge is 0.496 e. The van der Waals surface area contributed by atoms with Gasteiger partial charge in [0, 0.05) is 6.54 Å². The van der Waals surface area contributed by atoms with Gasteiger partial charge in [-0.3, -0.25) is 9.10 Å². The zero-order valence-corrected chi connectivity index (χ0v) is 21.0. The molecule has 3 rings (SSSR count). The Hall–Kier alpha value is -3.32. The van der Waals surface area contributed by atoms with Crippen LogP contribution in [0, 0.1) is 20.8 Å². The summed E-state index contributed by atoms with van der Waals surface area (Å²) in [7, 11) is -2.29. The van der Waals surface area contributed by atoms with E-state index in [0.29, 0.717) is 18.7 Å². The molecule has 7 heteroatoms. The second-order valence-corrected chi connectivity index (χ2v) is 10.2. The molecule has 3 aromatic carbocycles. The summed E-state index contributed by atoms with van der Waals surface area (Å²) in [4.78, 5) is 13.0. The van der Waals surface area contributed by atoms with Gasteiger partial charge in [-0.15, -0.1) is 0 Å². The van der Waals surface area contributed by atoms with E-state index in [1.807, 2.05) is 51.1 Å². The summed E-state index contributed by atoms with van der Waals surface area (Å²) < 4.78 is 33.5. The standard InChI is InChI=1S/C27H32N2O4S/c1-20-11-15-25(16-12-20)34(31,32)29(24-14-13-21(2)22(3)18-24)19-27(30)28-17-7-9-23-8-5-6-10-26(23)33-4/h5-6,8,10-16,18H,7,9,17,19H2,1-4H3,(H,28,30). The number of benzene rings is 3. The number of anilines is 1. The maximum absolute atomic E-state index is 13.5. The van der Waals surface area contributed by atoms with Crippen LogP contribution in [0.25, 0.3) is 0 Å². The van der Waals surface area contributed by atoms with Crippen LogP contribution in [0.15, 0.2) is 71.6 Å². The van der Waals surface area contributed by atoms with Crippen molar-refractivity contribution in [2.45, 2.75) is 38.5 Å². The fraction of sp³-hybridized carbons (Fsp3) is 0.296. The van der Waals surface area contributed by atoms with Gasteiger partial charge in [-0.05, 0) is 80.6 Å². The van der Waals surface area contributed by atoms with Gasteiger partial charge in [0.05, 0.1) is 17.7 Å². The third-order valence-corrected chi connectivity index (χ3v) is 7.60. The van der Waals surface area contributed by atoms with Crippen molar-refractivity contribution in [3.05, 3.63) is 89.0 Å². The van der Waals surface area contributed by atoms with Crippen LogP contribution in [-0.4, -0.2) is 34.5 Å². The first-order valence-electron chi connectivity index (χ1n) is 11.3. The molecule has 0 bridgehead atoms. The molecular formula is C27H32N2O4S. The van der Waals surface area contributed by atoms with Gasteiger partial charge in [0.25, 0.3) is 10.0 Å². The van der Waals surface area contributed by atoms with Crippen LogP contribution in [-0.2, 0) is 21.2 Å². The van der Waals surface area contributed by atoms with Crippen LogP contribution in [0.1, 0.15) is 28.7 Å².